The van der Waals surface area contributed by atoms with Crippen LogP contribution < -0.4 is 10.3 Å². The van der Waals surface area contributed by atoms with Crippen LogP contribution in [0.5, 0.6) is 5.75 Å². The van der Waals surface area contributed by atoms with Crippen LogP contribution in [0.2, 0.25) is 0 Å². The molecule has 0 saturated carbocycles. The summed E-state index contributed by atoms with van der Waals surface area (Å²) in [6.45, 7) is 3.89. The summed E-state index contributed by atoms with van der Waals surface area (Å²) >= 11 is 0. The monoisotopic (exact) mass is 336 g/mol. The van der Waals surface area contributed by atoms with Crippen molar-refractivity contribution in [2.45, 2.75) is 19.1 Å². The largest absolute Gasteiger partial charge is 0.491 e. The fourth-order valence-electron chi connectivity index (χ4n) is 2.66. The van der Waals surface area contributed by atoms with Gasteiger partial charge in [-0.05, 0) is 24.1 Å². The lowest BCUT2D eigenvalue weighted by Gasteiger charge is -2.15. The van der Waals surface area contributed by atoms with Crippen molar-refractivity contribution in [1.29, 1.82) is 0 Å². The number of nitrogens with zero attached hydrogens (tertiary/aromatic N) is 2. The van der Waals surface area contributed by atoms with Crippen molar-refractivity contribution in [3.63, 3.8) is 0 Å². The molecular formula is C20H20N2O3. The quantitative estimate of drug-likeness (QED) is 0.674. The highest BCUT2D eigenvalue weighted by Crippen LogP contribution is 2.19. The average Bonchev–Trinajstić information content (AvgIpc) is 2.64. The molecule has 3 rings (SSSR count). The maximum atomic E-state index is 12.4. The van der Waals surface area contributed by atoms with Gasteiger partial charge >= 0.3 is 0 Å². The van der Waals surface area contributed by atoms with Gasteiger partial charge in [-0.3, -0.25) is 4.79 Å². The zero-order valence-corrected chi connectivity index (χ0v) is 13.8. The summed E-state index contributed by atoms with van der Waals surface area (Å²) in [7, 11) is 0. The maximum Gasteiger partial charge on any atom is 0.274 e. The minimum absolute atomic E-state index is 0.0767. The molecule has 0 fully saturated rings. The minimum atomic E-state index is -0.844. The van der Waals surface area contributed by atoms with Gasteiger partial charge < -0.3 is 9.84 Å². The summed E-state index contributed by atoms with van der Waals surface area (Å²) in [5.41, 5.74) is 0.787. The number of benzene rings is 2. The predicted molar refractivity (Wildman–Crippen MR) is 97.8 cm³/mol. The van der Waals surface area contributed by atoms with Crippen LogP contribution in [0.25, 0.3) is 10.8 Å². The summed E-state index contributed by atoms with van der Waals surface area (Å²) < 4.78 is 6.98. The van der Waals surface area contributed by atoms with Gasteiger partial charge in [0.25, 0.3) is 5.56 Å². The summed E-state index contributed by atoms with van der Waals surface area (Å²) in [5, 5.41) is 15.7. The predicted octanol–water partition coefficient (Wildman–Crippen LogP) is 2.56. The third-order valence-electron chi connectivity index (χ3n) is 3.91. The van der Waals surface area contributed by atoms with E-state index in [4.69, 9.17) is 4.74 Å². The van der Waals surface area contributed by atoms with Gasteiger partial charge in [0.15, 0.2) is 0 Å². The highest BCUT2D eigenvalue weighted by molar-refractivity contribution is 5.80. The van der Waals surface area contributed by atoms with Crippen molar-refractivity contribution in [3.05, 3.63) is 83.3 Å². The zero-order valence-electron chi connectivity index (χ0n) is 13.8. The summed E-state index contributed by atoms with van der Waals surface area (Å²) in [4.78, 5) is 12.4. The normalized spacial score (nSPS) is 12.0. The Kier molecular flexibility index (Phi) is 5.26. The molecule has 25 heavy (non-hydrogen) atoms. The molecular weight excluding hydrogens is 316 g/mol. The number of hydrogen-bond donors (Lipinski definition) is 1. The first-order chi connectivity index (χ1) is 12.2. The molecule has 0 radical (unpaired) electrons. The molecule has 1 N–H and O–H groups in total. The van der Waals surface area contributed by atoms with Crippen LogP contribution in [-0.2, 0) is 13.0 Å². The Hall–Kier alpha value is -2.92. The fraction of sp³-hybridized carbons (Fsp3) is 0.200. The third-order valence-corrected chi connectivity index (χ3v) is 3.91. The van der Waals surface area contributed by atoms with Gasteiger partial charge in [0.05, 0.1) is 18.1 Å². The van der Waals surface area contributed by atoms with Crippen molar-refractivity contribution in [1.82, 2.24) is 9.78 Å². The molecule has 1 aromatic heterocycles. The van der Waals surface area contributed by atoms with E-state index in [2.05, 4.69) is 11.7 Å². The molecule has 0 saturated heterocycles. The molecule has 5 heteroatoms. The highest BCUT2D eigenvalue weighted by atomic mass is 16.5. The lowest BCUT2D eigenvalue weighted by atomic mass is 10.1. The standard InChI is InChI=1S/C20H20N2O3/c1-2-7-15-8-4-6-11-19(15)25-14-17(23)13-22-20(24)18-10-5-3-9-16(18)12-21-22/h2-6,8-12,17,23H,1,7,13-14H2/t17-/m1/s1. The van der Waals surface area contributed by atoms with Crippen molar-refractivity contribution in [2.75, 3.05) is 6.61 Å². The first kappa shape index (κ1) is 16.9. The van der Waals surface area contributed by atoms with Gasteiger partial charge in [-0.15, -0.1) is 6.58 Å². The van der Waals surface area contributed by atoms with Gasteiger partial charge in [-0.1, -0.05) is 42.5 Å². The summed E-state index contributed by atoms with van der Waals surface area (Å²) in [6, 6.07) is 14.9. The van der Waals surface area contributed by atoms with E-state index in [-0.39, 0.29) is 18.7 Å². The van der Waals surface area contributed by atoms with Crippen LogP contribution >= 0.6 is 0 Å². The molecule has 0 bridgehead atoms. The van der Waals surface area contributed by atoms with Crippen molar-refractivity contribution in [3.8, 4) is 5.75 Å². The lowest BCUT2D eigenvalue weighted by Crippen LogP contribution is -2.31. The van der Waals surface area contributed by atoms with E-state index in [1.54, 1.807) is 18.3 Å². The van der Waals surface area contributed by atoms with Gasteiger partial charge in [0.2, 0.25) is 0 Å². The molecule has 128 valence electrons. The Labute approximate surface area is 145 Å². The van der Waals surface area contributed by atoms with E-state index >= 15 is 0 Å². The SMILES string of the molecule is C=CCc1ccccc1OC[C@H](O)Cn1ncc2ccccc2c1=O. The van der Waals surface area contributed by atoms with Crippen molar-refractivity contribution >= 4 is 10.8 Å². The third kappa shape index (κ3) is 3.95. The number of para-hydroxylation sites is 1. The summed E-state index contributed by atoms with van der Waals surface area (Å²) in [5.74, 6) is 0.709. The molecule has 0 unspecified atom stereocenters. The van der Waals surface area contributed by atoms with Gasteiger partial charge in [0, 0.05) is 5.39 Å². The van der Waals surface area contributed by atoms with Crippen LogP contribution in [0.4, 0.5) is 0 Å². The molecule has 0 aliphatic rings. The number of ether oxygens (including phenoxy) is 1. The van der Waals surface area contributed by atoms with Crippen LogP contribution in [0.1, 0.15) is 5.56 Å². The smallest absolute Gasteiger partial charge is 0.274 e. The van der Waals surface area contributed by atoms with Crippen molar-refractivity contribution in [2.24, 2.45) is 0 Å². The molecule has 0 aliphatic carbocycles. The number of fused-ring (bicyclic) bond motifs is 1. The van der Waals surface area contributed by atoms with E-state index < -0.39 is 6.10 Å². The van der Waals surface area contributed by atoms with Gasteiger partial charge in [-0.2, -0.15) is 5.10 Å². The molecule has 1 heterocycles. The van der Waals surface area contributed by atoms with Crippen LogP contribution in [0, 0.1) is 0 Å². The number of aromatic nitrogens is 2. The van der Waals surface area contributed by atoms with Crippen LogP contribution in [0.3, 0.4) is 0 Å². The van der Waals surface area contributed by atoms with Crippen LogP contribution in [0.15, 0.2) is 72.2 Å². The second-order valence-electron chi connectivity index (χ2n) is 5.78. The Morgan fingerprint density at radius 1 is 1.20 bits per heavy atom. The fourth-order valence-corrected chi connectivity index (χ4v) is 2.66. The number of aliphatic hydroxyl groups is 1. The van der Waals surface area contributed by atoms with Gasteiger partial charge in [0.1, 0.15) is 18.5 Å². The molecule has 1 atom stereocenters. The van der Waals surface area contributed by atoms with E-state index in [1.165, 1.54) is 4.68 Å². The highest BCUT2D eigenvalue weighted by Gasteiger charge is 2.11. The first-order valence-corrected chi connectivity index (χ1v) is 8.13. The van der Waals surface area contributed by atoms with E-state index in [0.717, 1.165) is 10.9 Å². The Bertz CT molecular complexity index is 933. The topological polar surface area (TPSA) is 64.3 Å². The lowest BCUT2D eigenvalue weighted by molar-refractivity contribution is 0.0877. The van der Waals surface area contributed by atoms with Crippen LogP contribution in [-0.4, -0.2) is 27.6 Å². The maximum absolute atomic E-state index is 12.4. The second-order valence-corrected chi connectivity index (χ2v) is 5.78. The number of allylic oxidation sites excluding steroid dienone is 1. The molecule has 0 spiro atoms. The number of aliphatic hydroxyl groups excluding tert-OH is 1. The second kappa shape index (κ2) is 7.77. The number of rotatable bonds is 7. The van der Waals surface area contributed by atoms with E-state index in [1.807, 2.05) is 42.5 Å². The molecule has 3 aromatic rings. The van der Waals surface area contributed by atoms with E-state index in [0.29, 0.717) is 17.6 Å². The minimum Gasteiger partial charge on any atom is -0.491 e. The molecule has 5 nitrogen and oxygen atoms in total. The Balaban J connectivity index is 1.69. The van der Waals surface area contributed by atoms with Gasteiger partial charge in [-0.25, -0.2) is 4.68 Å². The average molecular weight is 336 g/mol. The Morgan fingerprint density at radius 3 is 2.80 bits per heavy atom. The summed E-state index contributed by atoms with van der Waals surface area (Å²) in [6.07, 6.45) is 3.28. The van der Waals surface area contributed by atoms with E-state index in [9.17, 15) is 9.90 Å². The molecule has 0 amide bonds. The Morgan fingerprint density at radius 2 is 1.96 bits per heavy atom. The van der Waals surface area contributed by atoms with Crippen molar-refractivity contribution < 1.29 is 9.84 Å². The molecule has 0 aliphatic heterocycles. The zero-order chi connectivity index (χ0) is 17.6. The first-order valence-electron chi connectivity index (χ1n) is 8.13. The number of hydrogen-bond acceptors (Lipinski definition) is 4. The molecule has 2 aromatic carbocycles.